The van der Waals surface area contributed by atoms with Crippen molar-refractivity contribution in [2.45, 2.75) is 31.6 Å². The predicted molar refractivity (Wildman–Crippen MR) is 76.1 cm³/mol. The normalized spacial score (nSPS) is 15.4. The second kappa shape index (κ2) is 5.46. The Labute approximate surface area is 128 Å². The Hall–Kier alpha value is -1.34. The lowest BCUT2D eigenvalue weighted by molar-refractivity contribution is -0.143. The maximum absolute atomic E-state index is 13.4. The molecule has 1 heterocycles. The van der Waals surface area contributed by atoms with Crippen molar-refractivity contribution in [2.75, 3.05) is 0 Å². The van der Waals surface area contributed by atoms with Gasteiger partial charge in [0, 0.05) is 22.6 Å². The summed E-state index contributed by atoms with van der Waals surface area (Å²) in [5, 5.41) is 7.04. The minimum absolute atomic E-state index is 0.171. The average Bonchev–Trinajstić information content (AvgIpc) is 3.14. The highest BCUT2D eigenvalue weighted by molar-refractivity contribution is 9.10. The minimum atomic E-state index is -4.45. The number of hydrogen-bond acceptors (Lipinski definition) is 2. The summed E-state index contributed by atoms with van der Waals surface area (Å²) < 4.78 is 41.7. The topological polar surface area (TPSA) is 29.9 Å². The number of para-hydroxylation sites is 1. The first-order valence-corrected chi connectivity index (χ1v) is 7.38. The van der Waals surface area contributed by atoms with Crippen LogP contribution >= 0.6 is 15.9 Å². The van der Waals surface area contributed by atoms with E-state index in [4.69, 9.17) is 0 Å². The number of rotatable bonds is 4. The van der Waals surface area contributed by atoms with Gasteiger partial charge < -0.3 is 5.32 Å². The summed E-state index contributed by atoms with van der Waals surface area (Å²) in [6, 6.07) is 7.08. The number of alkyl halides is 3. The fourth-order valence-corrected chi connectivity index (χ4v) is 2.61. The Kier molecular flexibility index (Phi) is 3.79. The van der Waals surface area contributed by atoms with Gasteiger partial charge in [-0.2, -0.15) is 18.3 Å². The van der Waals surface area contributed by atoms with Gasteiger partial charge in [0.05, 0.1) is 11.9 Å². The SMILES string of the molecule is FC(F)(F)c1c(CNC2CC2)cnn1-c1ccccc1Br. The summed E-state index contributed by atoms with van der Waals surface area (Å²) in [5.41, 5.74) is -0.171. The largest absolute Gasteiger partial charge is 0.433 e. The van der Waals surface area contributed by atoms with Crippen LogP contribution in [0.4, 0.5) is 13.2 Å². The Morgan fingerprint density at radius 3 is 2.62 bits per heavy atom. The first-order valence-electron chi connectivity index (χ1n) is 6.59. The Morgan fingerprint density at radius 2 is 2.00 bits per heavy atom. The summed E-state index contributed by atoms with van der Waals surface area (Å²) in [4.78, 5) is 0. The van der Waals surface area contributed by atoms with Crippen molar-refractivity contribution < 1.29 is 13.2 Å². The van der Waals surface area contributed by atoms with Gasteiger partial charge in [0.15, 0.2) is 5.69 Å². The van der Waals surface area contributed by atoms with Crippen LogP contribution in [-0.2, 0) is 12.7 Å². The van der Waals surface area contributed by atoms with Crippen LogP contribution in [0.25, 0.3) is 5.69 Å². The van der Waals surface area contributed by atoms with Crippen molar-refractivity contribution in [1.82, 2.24) is 15.1 Å². The first-order chi connectivity index (χ1) is 9.97. The molecule has 112 valence electrons. The Balaban J connectivity index is 2.01. The van der Waals surface area contributed by atoms with E-state index in [0.717, 1.165) is 17.5 Å². The number of halogens is 4. The highest BCUT2D eigenvalue weighted by atomic mass is 79.9. The molecule has 0 amide bonds. The molecule has 2 aromatic rings. The Bertz CT molecular complexity index is 647. The van der Waals surface area contributed by atoms with Crippen molar-refractivity contribution in [3.63, 3.8) is 0 Å². The van der Waals surface area contributed by atoms with Gasteiger partial charge in [-0.05, 0) is 40.9 Å². The van der Waals surface area contributed by atoms with E-state index in [2.05, 4.69) is 26.3 Å². The van der Waals surface area contributed by atoms with Crippen LogP contribution in [0.5, 0.6) is 0 Å². The van der Waals surface area contributed by atoms with Gasteiger partial charge in [-0.1, -0.05) is 12.1 Å². The van der Waals surface area contributed by atoms with Gasteiger partial charge in [-0.3, -0.25) is 0 Å². The molecular weight excluding hydrogens is 347 g/mol. The molecule has 1 saturated carbocycles. The summed E-state index contributed by atoms with van der Waals surface area (Å²) in [7, 11) is 0. The molecule has 0 unspecified atom stereocenters. The monoisotopic (exact) mass is 359 g/mol. The molecular formula is C14H13BrF3N3. The maximum atomic E-state index is 13.4. The van der Waals surface area contributed by atoms with E-state index < -0.39 is 11.9 Å². The number of nitrogens with zero attached hydrogens (tertiary/aromatic N) is 2. The zero-order chi connectivity index (χ0) is 15.0. The predicted octanol–water partition coefficient (Wildman–Crippen LogP) is 3.91. The number of nitrogens with one attached hydrogen (secondary N) is 1. The molecule has 21 heavy (non-hydrogen) atoms. The molecule has 1 N–H and O–H groups in total. The van der Waals surface area contributed by atoms with E-state index in [1.807, 2.05) is 0 Å². The van der Waals surface area contributed by atoms with Crippen molar-refractivity contribution >= 4 is 15.9 Å². The van der Waals surface area contributed by atoms with Crippen LogP contribution in [0.15, 0.2) is 34.9 Å². The molecule has 0 spiro atoms. The quantitative estimate of drug-likeness (QED) is 0.896. The van der Waals surface area contributed by atoms with E-state index in [9.17, 15) is 13.2 Å². The van der Waals surface area contributed by atoms with Gasteiger partial charge in [0.25, 0.3) is 0 Å². The van der Waals surface area contributed by atoms with Crippen LogP contribution in [0.3, 0.4) is 0 Å². The van der Waals surface area contributed by atoms with E-state index in [0.29, 0.717) is 16.2 Å². The van der Waals surface area contributed by atoms with Crippen molar-refractivity contribution in [3.8, 4) is 5.69 Å². The fraction of sp³-hybridized carbons (Fsp3) is 0.357. The van der Waals surface area contributed by atoms with E-state index >= 15 is 0 Å². The third-order valence-electron chi connectivity index (χ3n) is 3.35. The van der Waals surface area contributed by atoms with Crippen LogP contribution < -0.4 is 5.32 Å². The zero-order valence-electron chi connectivity index (χ0n) is 11.0. The van der Waals surface area contributed by atoms with Gasteiger partial charge in [-0.15, -0.1) is 0 Å². The molecule has 3 rings (SSSR count). The van der Waals surface area contributed by atoms with Gasteiger partial charge >= 0.3 is 6.18 Å². The highest BCUT2D eigenvalue weighted by Crippen LogP contribution is 2.35. The minimum Gasteiger partial charge on any atom is -0.310 e. The molecule has 1 aliphatic carbocycles. The Morgan fingerprint density at radius 1 is 1.29 bits per heavy atom. The molecule has 0 saturated heterocycles. The maximum Gasteiger partial charge on any atom is 0.433 e. The molecule has 1 aromatic heterocycles. The molecule has 7 heteroatoms. The molecule has 1 fully saturated rings. The summed E-state index contributed by atoms with van der Waals surface area (Å²) in [5.74, 6) is 0. The van der Waals surface area contributed by atoms with Gasteiger partial charge in [0.2, 0.25) is 0 Å². The van der Waals surface area contributed by atoms with Crippen molar-refractivity contribution in [2.24, 2.45) is 0 Å². The van der Waals surface area contributed by atoms with Gasteiger partial charge in [0.1, 0.15) is 0 Å². The third-order valence-corrected chi connectivity index (χ3v) is 4.02. The smallest absolute Gasteiger partial charge is 0.310 e. The average molecular weight is 360 g/mol. The second-order valence-corrected chi connectivity index (χ2v) is 5.89. The van der Waals surface area contributed by atoms with Gasteiger partial charge in [-0.25, -0.2) is 4.68 Å². The van der Waals surface area contributed by atoms with Crippen LogP contribution in [0, 0.1) is 0 Å². The van der Waals surface area contributed by atoms with Crippen molar-refractivity contribution in [3.05, 3.63) is 46.2 Å². The lowest BCUT2D eigenvalue weighted by Crippen LogP contribution is -2.20. The highest BCUT2D eigenvalue weighted by Gasteiger charge is 2.39. The molecule has 1 aromatic carbocycles. The number of hydrogen-bond donors (Lipinski definition) is 1. The summed E-state index contributed by atoms with van der Waals surface area (Å²) >= 11 is 3.27. The lowest BCUT2D eigenvalue weighted by atomic mass is 10.2. The van der Waals surface area contributed by atoms with E-state index in [1.54, 1.807) is 24.3 Å². The van der Waals surface area contributed by atoms with Crippen LogP contribution in [-0.4, -0.2) is 15.8 Å². The summed E-state index contributed by atoms with van der Waals surface area (Å²) in [6.45, 7) is 0.184. The molecule has 0 aliphatic heterocycles. The molecule has 0 bridgehead atoms. The van der Waals surface area contributed by atoms with E-state index in [-0.39, 0.29) is 12.1 Å². The van der Waals surface area contributed by atoms with E-state index in [1.165, 1.54) is 6.20 Å². The molecule has 0 atom stereocenters. The zero-order valence-corrected chi connectivity index (χ0v) is 12.6. The van der Waals surface area contributed by atoms with Crippen LogP contribution in [0.1, 0.15) is 24.1 Å². The van der Waals surface area contributed by atoms with Crippen LogP contribution in [0.2, 0.25) is 0 Å². The summed E-state index contributed by atoms with van der Waals surface area (Å²) in [6.07, 6.45) is -1.11. The fourth-order valence-electron chi connectivity index (χ4n) is 2.16. The number of benzene rings is 1. The lowest BCUT2D eigenvalue weighted by Gasteiger charge is -2.14. The first kappa shape index (κ1) is 14.6. The molecule has 1 aliphatic rings. The number of aromatic nitrogens is 2. The second-order valence-electron chi connectivity index (χ2n) is 5.03. The molecule has 0 radical (unpaired) electrons. The van der Waals surface area contributed by atoms with Crippen molar-refractivity contribution in [1.29, 1.82) is 0 Å². The molecule has 3 nitrogen and oxygen atoms in total. The third kappa shape index (κ3) is 3.13. The standard InChI is InChI=1S/C14H13BrF3N3/c15-11-3-1-2-4-12(11)21-13(14(16,17)18)9(8-20-21)7-19-10-5-6-10/h1-4,8,10,19H,5-7H2.